The zero-order chi connectivity index (χ0) is 28.4. The van der Waals surface area contributed by atoms with Crippen molar-refractivity contribution in [3.63, 3.8) is 0 Å². The molecular weight excluding hydrogens is 510 g/mol. The molecule has 0 aliphatic carbocycles. The number of carboxylic acids is 4. The molecule has 204 valence electrons. The second-order valence-electron chi connectivity index (χ2n) is 7.23. The highest BCUT2D eigenvalue weighted by Crippen LogP contribution is 2.16. The van der Waals surface area contributed by atoms with Gasteiger partial charge >= 0.3 is 23.9 Å². The predicted octanol–water partition coefficient (Wildman–Crippen LogP) is 1.55. The number of carbonyl (C=O) groups is 4. The Morgan fingerprint density at radius 2 is 1.43 bits per heavy atom. The van der Waals surface area contributed by atoms with Crippen LogP contribution in [0.15, 0.2) is 40.9 Å². The Bertz CT molecular complexity index is 1010. The molecule has 0 saturated carbocycles. The second kappa shape index (κ2) is 18.2. The average Bonchev–Trinajstić information content (AvgIpc) is 3.37. The van der Waals surface area contributed by atoms with Crippen LogP contribution in [0.4, 0.5) is 5.95 Å². The first-order valence-electron chi connectivity index (χ1n) is 10.5. The van der Waals surface area contributed by atoms with Crippen molar-refractivity contribution in [2.45, 2.75) is 19.2 Å². The second-order valence-corrected chi connectivity index (χ2v) is 8.34. The van der Waals surface area contributed by atoms with Crippen LogP contribution >= 0.6 is 11.8 Å². The van der Waals surface area contributed by atoms with Gasteiger partial charge in [-0.15, -0.1) is 10.2 Å². The number of nitrogens with one attached hydrogen (secondary N) is 1. The highest BCUT2D eigenvalue weighted by molar-refractivity contribution is 7.98. The molecule has 2 aromatic heterocycles. The van der Waals surface area contributed by atoms with Crippen LogP contribution in [0.1, 0.15) is 17.3 Å². The van der Waals surface area contributed by atoms with Crippen LogP contribution in [0, 0.1) is 6.92 Å². The molecule has 0 bridgehead atoms. The van der Waals surface area contributed by atoms with Gasteiger partial charge in [0.15, 0.2) is 0 Å². The van der Waals surface area contributed by atoms with Crippen LogP contribution in [-0.4, -0.2) is 90.4 Å². The third-order valence-electron chi connectivity index (χ3n) is 3.79. The SMILES string of the molecule is Cc1nnc(NCCSCc2ccc(CN(C)C)o2)n1C.O=C(O)/C=C\C(=O)O.O=C(O)/C=C\C(=O)O. The molecule has 2 heterocycles. The summed E-state index contributed by atoms with van der Waals surface area (Å²) < 4.78 is 7.72. The van der Waals surface area contributed by atoms with Crippen molar-refractivity contribution in [3.8, 4) is 0 Å². The molecule has 0 unspecified atom stereocenters. The molecule has 0 amide bonds. The van der Waals surface area contributed by atoms with Gasteiger partial charge in [-0.1, -0.05) is 0 Å². The largest absolute Gasteiger partial charge is 0.478 e. The highest BCUT2D eigenvalue weighted by Gasteiger charge is 2.05. The minimum Gasteiger partial charge on any atom is -0.478 e. The first-order chi connectivity index (χ1) is 17.3. The Labute approximate surface area is 217 Å². The summed E-state index contributed by atoms with van der Waals surface area (Å²) in [6, 6.07) is 4.11. The van der Waals surface area contributed by atoms with E-state index in [9.17, 15) is 19.2 Å². The molecule has 0 aromatic carbocycles. The minimum absolute atomic E-state index is 0.558. The molecule has 2 aromatic rings. The van der Waals surface area contributed by atoms with Crippen LogP contribution in [0.3, 0.4) is 0 Å². The fourth-order valence-electron chi connectivity index (χ4n) is 2.15. The number of hydrogen-bond acceptors (Lipinski definition) is 10. The monoisotopic (exact) mass is 541 g/mol. The molecule has 0 aliphatic heterocycles. The van der Waals surface area contributed by atoms with Gasteiger partial charge in [0.25, 0.3) is 0 Å². The molecule has 5 N–H and O–H groups in total. The number of aryl methyl sites for hydroxylation is 1. The summed E-state index contributed by atoms with van der Waals surface area (Å²) in [5.74, 6) is 0.644. The molecule has 37 heavy (non-hydrogen) atoms. The normalized spacial score (nSPS) is 10.5. The molecule has 14 nitrogen and oxygen atoms in total. The summed E-state index contributed by atoms with van der Waals surface area (Å²) in [7, 11) is 6.04. The number of hydrogen-bond donors (Lipinski definition) is 5. The quantitative estimate of drug-likeness (QED) is 0.191. The van der Waals surface area contributed by atoms with Crippen LogP contribution in [0.2, 0.25) is 0 Å². The zero-order valence-corrected chi connectivity index (χ0v) is 21.6. The van der Waals surface area contributed by atoms with E-state index in [2.05, 4.69) is 32.5 Å². The maximum absolute atomic E-state index is 9.55. The predicted molar refractivity (Wildman–Crippen MR) is 135 cm³/mol. The summed E-state index contributed by atoms with van der Waals surface area (Å²) in [6.45, 7) is 3.65. The maximum Gasteiger partial charge on any atom is 0.328 e. The van der Waals surface area contributed by atoms with E-state index in [4.69, 9.17) is 24.8 Å². The van der Waals surface area contributed by atoms with Gasteiger partial charge in [0, 0.05) is 43.6 Å². The lowest BCUT2D eigenvalue weighted by Crippen LogP contribution is -2.09. The van der Waals surface area contributed by atoms with Gasteiger partial charge < -0.3 is 39.6 Å². The molecule has 0 spiro atoms. The van der Waals surface area contributed by atoms with E-state index in [0.29, 0.717) is 24.3 Å². The first-order valence-corrected chi connectivity index (χ1v) is 11.6. The molecule has 0 atom stereocenters. The smallest absolute Gasteiger partial charge is 0.328 e. The third-order valence-corrected chi connectivity index (χ3v) is 4.77. The lowest BCUT2D eigenvalue weighted by atomic mass is 10.4. The molecule has 15 heteroatoms. The van der Waals surface area contributed by atoms with Crippen LogP contribution < -0.4 is 5.32 Å². The molecular formula is C22H31N5O9S. The summed E-state index contributed by atoms with van der Waals surface area (Å²) in [4.78, 5) is 40.3. The Morgan fingerprint density at radius 1 is 0.946 bits per heavy atom. The van der Waals surface area contributed by atoms with E-state index in [1.54, 1.807) is 0 Å². The summed E-state index contributed by atoms with van der Waals surface area (Å²) in [6.07, 6.45) is 2.23. The van der Waals surface area contributed by atoms with Gasteiger partial charge in [-0.05, 0) is 33.2 Å². The molecule has 0 saturated heterocycles. The Morgan fingerprint density at radius 3 is 1.84 bits per heavy atom. The van der Waals surface area contributed by atoms with E-state index in [0.717, 1.165) is 47.9 Å². The van der Waals surface area contributed by atoms with E-state index in [1.807, 2.05) is 44.4 Å². The molecule has 0 aliphatic rings. The summed E-state index contributed by atoms with van der Waals surface area (Å²) in [5.41, 5.74) is 0. The Kier molecular flexibility index (Phi) is 16.2. The summed E-state index contributed by atoms with van der Waals surface area (Å²) >= 11 is 1.84. The van der Waals surface area contributed by atoms with Crippen molar-refractivity contribution in [2.24, 2.45) is 7.05 Å². The lowest BCUT2D eigenvalue weighted by molar-refractivity contribution is -0.134. The number of rotatable bonds is 12. The average molecular weight is 542 g/mol. The zero-order valence-electron chi connectivity index (χ0n) is 20.8. The number of aliphatic carboxylic acids is 4. The Balaban J connectivity index is 0.000000669. The van der Waals surface area contributed by atoms with Gasteiger partial charge in [-0.3, -0.25) is 0 Å². The number of nitrogens with zero attached hydrogens (tertiary/aromatic N) is 4. The van der Waals surface area contributed by atoms with Crippen LogP contribution in [0.5, 0.6) is 0 Å². The van der Waals surface area contributed by atoms with Crippen molar-refractivity contribution in [3.05, 3.63) is 53.8 Å². The van der Waals surface area contributed by atoms with Gasteiger partial charge in [0.05, 0.1) is 12.3 Å². The topological polar surface area (TPSA) is 208 Å². The third kappa shape index (κ3) is 17.9. The number of anilines is 1. The van der Waals surface area contributed by atoms with Gasteiger partial charge in [-0.2, -0.15) is 11.8 Å². The van der Waals surface area contributed by atoms with Gasteiger partial charge in [-0.25, -0.2) is 19.2 Å². The van der Waals surface area contributed by atoms with E-state index < -0.39 is 23.9 Å². The van der Waals surface area contributed by atoms with Crippen LogP contribution in [0.25, 0.3) is 0 Å². The maximum atomic E-state index is 9.55. The fourth-order valence-corrected chi connectivity index (χ4v) is 2.90. The fraction of sp³-hybridized carbons (Fsp3) is 0.364. The van der Waals surface area contributed by atoms with Crippen molar-refractivity contribution >= 4 is 41.6 Å². The number of furan rings is 1. The standard InChI is InChI=1S/C14H23N5OS.2C4H4O4/c1-11-16-17-14(19(11)4)15-7-8-21-10-13-6-5-12(20-13)9-18(2)3;2*5-3(6)1-2-4(7)8/h5-6H,7-10H2,1-4H3,(H,15,17);2*1-2H,(H,5,6)(H,7,8)/b;2*2-1-. The van der Waals surface area contributed by atoms with E-state index >= 15 is 0 Å². The molecule has 0 radical (unpaired) electrons. The Hall–Kier alpha value is -4.11. The first kappa shape index (κ1) is 32.9. The highest BCUT2D eigenvalue weighted by atomic mass is 32.2. The van der Waals surface area contributed by atoms with Crippen molar-refractivity contribution < 1.29 is 44.0 Å². The minimum atomic E-state index is -1.26. The van der Waals surface area contributed by atoms with Crippen LogP contribution in [-0.2, 0) is 38.5 Å². The summed E-state index contributed by atoms with van der Waals surface area (Å²) in [5, 5.41) is 42.6. The number of aromatic nitrogens is 3. The van der Waals surface area contributed by atoms with Crippen molar-refractivity contribution in [1.82, 2.24) is 19.7 Å². The van der Waals surface area contributed by atoms with E-state index in [1.165, 1.54) is 0 Å². The lowest BCUT2D eigenvalue weighted by Gasteiger charge is -2.06. The number of thioether (sulfide) groups is 1. The van der Waals surface area contributed by atoms with Gasteiger partial charge in [0.2, 0.25) is 5.95 Å². The molecule has 2 rings (SSSR count). The van der Waals surface area contributed by atoms with E-state index in [-0.39, 0.29) is 0 Å². The number of carboxylic acid groups (broad SMARTS) is 4. The molecule has 0 fully saturated rings. The van der Waals surface area contributed by atoms with Crippen molar-refractivity contribution in [2.75, 3.05) is 31.7 Å². The van der Waals surface area contributed by atoms with Crippen molar-refractivity contribution in [1.29, 1.82) is 0 Å². The van der Waals surface area contributed by atoms with Gasteiger partial charge in [0.1, 0.15) is 17.3 Å².